The van der Waals surface area contributed by atoms with Gasteiger partial charge in [0.25, 0.3) is 0 Å². The van der Waals surface area contributed by atoms with Crippen LogP contribution in [0.2, 0.25) is 0 Å². The number of para-hydroxylation sites is 1. The van der Waals surface area contributed by atoms with Gasteiger partial charge in [0.05, 0.1) is 22.4 Å². The molecule has 1 aliphatic heterocycles. The molecule has 3 rings (SSSR count). The number of nitrogens with zero attached hydrogens (tertiary/aromatic N) is 1. The molecule has 1 aliphatic rings. The second kappa shape index (κ2) is 7.67. The first kappa shape index (κ1) is 21.1. The maximum Gasteiger partial charge on any atom is 0.415 e. The molecule has 0 spiro atoms. The topological polar surface area (TPSA) is 63.7 Å². The van der Waals surface area contributed by atoms with Crippen molar-refractivity contribution in [2.24, 2.45) is 0 Å². The molecule has 0 saturated heterocycles. The minimum Gasteiger partial charge on any atom is -0.443 e. The van der Waals surface area contributed by atoms with Crippen molar-refractivity contribution in [3.8, 4) is 0 Å². The van der Waals surface area contributed by atoms with Crippen molar-refractivity contribution in [3.63, 3.8) is 0 Å². The average Bonchev–Trinajstić information content (AvgIpc) is 2.93. The highest BCUT2D eigenvalue weighted by Crippen LogP contribution is 2.42. The third-order valence-corrected chi connectivity index (χ3v) is 6.55. The van der Waals surface area contributed by atoms with Crippen LogP contribution in [0.15, 0.2) is 59.5 Å². The first-order chi connectivity index (χ1) is 13.5. The molecule has 2 aromatic carbocycles. The van der Waals surface area contributed by atoms with Gasteiger partial charge in [0, 0.05) is 5.56 Å². The summed E-state index contributed by atoms with van der Waals surface area (Å²) in [5.41, 5.74) is 2.62. The molecule has 1 amide bonds. The van der Waals surface area contributed by atoms with Gasteiger partial charge in [-0.05, 0) is 58.4 Å². The molecule has 1 atom stereocenters. The van der Waals surface area contributed by atoms with E-state index in [-0.39, 0.29) is 10.6 Å². The number of anilines is 1. The van der Waals surface area contributed by atoms with Gasteiger partial charge < -0.3 is 4.74 Å². The second-order valence-electron chi connectivity index (χ2n) is 8.22. The number of carbonyl (C=O) groups excluding carboxylic acids is 1. The summed E-state index contributed by atoms with van der Waals surface area (Å²) >= 11 is 0. The quantitative estimate of drug-likeness (QED) is 0.711. The summed E-state index contributed by atoms with van der Waals surface area (Å²) in [4.78, 5) is 14.8. The predicted octanol–water partition coefficient (Wildman–Crippen LogP) is 5.00. The molecule has 0 aliphatic carbocycles. The number of sulfone groups is 1. The number of aryl methyl sites for hydroxylation is 1. The van der Waals surface area contributed by atoms with Gasteiger partial charge in [-0.25, -0.2) is 13.2 Å². The lowest BCUT2D eigenvalue weighted by atomic mass is 10.0. The zero-order valence-electron chi connectivity index (χ0n) is 17.5. The Balaban J connectivity index is 2.04. The number of carbonyl (C=O) groups is 1. The predicted molar refractivity (Wildman–Crippen MR) is 116 cm³/mol. The lowest BCUT2D eigenvalue weighted by molar-refractivity contribution is 0.0577. The number of rotatable bonds is 3. The summed E-state index contributed by atoms with van der Waals surface area (Å²) in [6.07, 6.45) is 1.32. The minimum atomic E-state index is -3.62. The fourth-order valence-corrected chi connectivity index (χ4v) is 5.00. The van der Waals surface area contributed by atoms with E-state index in [0.29, 0.717) is 5.69 Å². The SMILES string of the molecule is C/C=C1\c2ccccc2N(C(=O)OC(C)(C)C)C1CS(=O)(=O)c1ccc(C)cc1. The van der Waals surface area contributed by atoms with Gasteiger partial charge in [0.15, 0.2) is 9.84 Å². The van der Waals surface area contributed by atoms with Crippen molar-refractivity contribution in [3.05, 3.63) is 65.7 Å². The molecule has 0 saturated carbocycles. The van der Waals surface area contributed by atoms with Crippen molar-refractivity contribution >= 4 is 27.2 Å². The number of amides is 1. The maximum atomic E-state index is 13.2. The number of benzene rings is 2. The van der Waals surface area contributed by atoms with Crippen LogP contribution >= 0.6 is 0 Å². The van der Waals surface area contributed by atoms with Crippen LogP contribution in [0.4, 0.5) is 10.5 Å². The molecular weight excluding hydrogens is 386 g/mol. The number of hydrogen-bond acceptors (Lipinski definition) is 4. The van der Waals surface area contributed by atoms with Crippen LogP contribution in [-0.4, -0.2) is 31.9 Å². The van der Waals surface area contributed by atoms with E-state index >= 15 is 0 Å². The Morgan fingerprint density at radius 1 is 1.10 bits per heavy atom. The Kier molecular flexibility index (Phi) is 5.59. The highest BCUT2D eigenvalue weighted by molar-refractivity contribution is 7.91. The molecule has 154 valence electrons. The third-order valence-electron chi connectivity index (χ3n) is 4.80. The zero-order chi connectivity index (χ0) is 21.4. The van der Waals surface area contributed by atoms with Gasteiger partial charge >= 0.3 is 6.09 Å². The van der Waals surface area contributed by atoms with Gasteiger partial charge in [-0.3, -0.25) is 4.90 Å². The number of allylic oxidation sites excluding steroid dienone is 1. The second-order valence-corrected chi connectivity index (χ2v) is 10.3. The lowest BCUT2D eigenvalue weighted by Crippen LogP contribution is -2.44. The molecule has 0 aromatic heterocycles. The molecular formula is C23H27NO4S. The van der Waals surface area contributed by atoms with Gasteiger partial charge in [0.1, 0.15) is 5.60 Å². The van der Waals surface area contributed by atoms with Gasteiger partial charge in [-0.1, -0.05) is 42.0 Å². The van der Waals surface area contributed by atoms with Crippen LogP contribution in [-0.2, 0) is 14.6 Å². The van der Waals surface area contributed by atoms with Gasteiger partial charge in [-0.2, -0.15) is 0 Å². The smallest absolute Gasteiger partial charge is 0.415 e. The van der Waals surface area contributed by atoms with Crippen LogP contribution in [0.3, 0.4) is 0 Å². The summed E-state index contributed by atoms with van der Waals surface area (Å²) in [7, 11) is -3.62. The van der Waals surface area contributed by atoms with E-state index in [1.807, 2.05) is 44.2 Å². The van der Waals surface area contributed by atoms with Crippen molar-refractivity contribution in [1.82, 2.24) is 0 Å². The number of hydrogen-bond donors (Lipinski definition) is 0. The zero-order valence-corrected chi connectivity index (χ0v) is 18.3. The first-order valence-corrected chi connectivity index (χ1v) is 11.3. The molecule has 6 heteroatoms. The fourth-order valence-electron chi connectivity index (χ4n) is 3.51. The molecule has 2 aromatic rings. The van der Waals surface area contributed by atoms with Crippen molar-refractivity contribution in [2.45, 2.75) is 51.2 Å². The van der Waals surface area contributed by atoms with E-state index in [1.165, 1.54) is 4.90 Å². The largest absolute Gasteiger partial charge is 0.443 e. The van der Waals surface area contributed by atoms with Crippen molar-refractivity contribution < 1.29 is 17.9 Å². The van der Waals surface area contributed by atoms with Crippen LogP contribution in [0.25, 0.3) is 5.57 Å². The summed E-state index contributed by atoms with van der Waals surface area (Å²) < 4.78 is 31.9. The Labute approximate surface area is 172 Å². The van der Waals surface area contributed by atoms with E-state index in [2.05, 4.69) is 0 Å². The Bertz CT molecular complexity index is 1050. The normalized spacial score (nSPS) is 18.0. The molecule has 1 unspecified atom stereocenters. The van der Waals surface area contributed by atoms with E-state index in [9.17, 15) is 13.2 Å². The minimum absolute atomic E-state index is 0.219. The molecule has 0 radical (unpaired) electrons. The fraction of sp³-hybridized carbons (Fsp3) is 0.348. The van der Waals surface area contributed by atoms with E-state index in [1.54, 1.807) is 45.0 Å². The summed E-state index contributed by atoms with van der Waals surface area (Å²) in [6, 6.07) is 13.6. The van der Waals surface area contributed by atoms with Crippen molar-refractivity contribution in [1.29, 1.82) is 0 Å². The molecule has 0 bridgehead atoms. The number of ether oxygens (including phenoxy) is 1. The van der Waals surface area contributed by atoms with Crippen LogP contribution in [0, 0.1) is 6.92 Å². The van der Waals surface area contributed by atoms with Gasteiger partial charge in [0.2, 0.25) is 0 Å². The maximum absolute atomic E-state index is 13.2. The van der Waals surface area contributed by atoms with Crippen LogP contribution in [0.5, 0.6) is 0 Å². The summed E-state index contributed by atoms with van der Waals surface area (Å²) in [5, 5.41) is 0. The summed E-state index contributed by atoms with van der Waals surface area (Å²) in [6.45, 7) is 9.15. The Morgan fingerprint density at radius 3 is 2.31 bits per heavy atom. The third kappa shape index (κ3) is 4.37. The van der Waals surface area contributed by atoms with E-state index < -0.39 is 27.6 Å². The Morgan fingerprint density at radius 2 is 1.72 bits per heavy atom. The highest BCUT2D eigenvalue weighted by atomic mass is 32.2. The standard InChI is InChI=1S/C23H27NO4S/c1-6-18-19-9-7-8-10-20(19)24(22(25)28-23(3,4)5)21(18)15-29(26,27)17-13-11-16(2)12-14-17/h6-14,21H,15H2,1-5H3/b18-6+. The Hall–Kier alpha value is -2.60. The summed E-state index contributed by atoms with van der Waals surface area (Å²) in [5.74, 6) is -0.219. The lowest BCUT2D eigenvalue weighted by Gasteiger charge is -2.29. The molecule has 1 heterocycles. The van der Waals surface area contributed by atoms with Crippen LogP contribution < -0.4 is 4.90 Å². The monoisotopic (exact) mass is 413 g/mol. The van der Waals surface area contributed by atoms with Crippen molar-refractivity contribution in [2.75, 3.05) is 10.7 Å². The first-order valence-electron chi connectivity index (χ1n) is 9.61. The molecule has 0 N–H and O–H groups in total. The molecule has 29 heavy (non-hydrogen) atoms. The highest BCUT2D eigenvalue weighted by Gasteiger charge is 2.41. The molecule has 5 nitrogen and oxygen atoms in total. The van der Waals surface area contributed by atoms with E-state index in [4.69, 9.17) is 4.74 Å². The van der Waals surface area contributed by atoms with Gasteiger partial charge in [-0.15, -0.1) is 0 Å². The number of fused-ring (bicyclic) bond motifs is 1. The van der Waals surface area contributed by atoms with E-state index in [0.717, 1.165) is 16.7 Å². The van der Waals surface area contributed by atoms with Crippen LogP contribution in [0.1, 0.15) is 38.8 Å². The average molecular weight is 414 g/mol. The molecule has 0 fully saturated rings.